The van der Waals surface area contributed by atoms with E-state index < -0.39 is 0 Å². The van der Waals surface area contributed by atoms with Crippen molar-refractivity contribution in [3.8, 4) is 17.1 Å². The molecule has 6 nitrogen and oxygen atoms in total. The summed E-state index contributed by atoms with van der Waals surface area (Å²) in [5, 5.41) is 7.01. The van der Waals surface area contributed by atoms with Crippen molar-refractivity contribution in [1.82, 2.24) is 15.5 Å². The van der Waals surface area contributed by atoms with Crippen LogP contribution in [0.5, 0.6) is 5.75 Å². The molecule has 7 heteroatoms. The predicted octanol–water partition coefficient (Wildman–Crippen LogP) is 4.11. The fraction of sp³-hybridized carbons (Fsp3) is 0.550. The summed E-state index contributed by atoms with van der Waals surface area (Å²) in [6, 6.07) is 7.58. The van der Waals surface area contributed by atoms with Gasteiger partial charge in [0.15, 0.2) is 0 Å². The number of rotatable bonds is 13. The number of carbonyl (C=O) groups is 1. The second-order valence-electron chi connectivity index (χ2n) is 6.31. The molecule has 0 aliphatic rings. The van der Waals surface area contributed by atoms with Gasteiger partial charge in [-0.25, -0.2) is 0 Å². The number of hydrogen-bond donors (Lipinski definition) is 1. The molecule has 0 aliphatic heterocycles. The molecular weight excluding hydrogens is 362 g/mol. The van der Waals surface area contributed by atoms with E-state index in [0.29, 0.717) is 17.5 Å². The number of amides is 1. The molecule has 1 amide bonds. The Morgan fingerprint density at radius 1 is 1.19 bits per heavy atom. The Kier molecular flexibility index (Phi) is 9.76. The number of thioether (sulfide) groups is 1. The fourth-order valence-electron chi connectivity index (χ4n) is 2.48. The summed E-state index contributed by atoms with van der Waals surface area (Å²) in [4.78, 5) is 16.1. The number of hydrogen-bond acceptors (Lipinski definition) is 6. The van der Waals surface area contributed by atoms with Crippen LogP contribution in [0.3, 0.4) is 0 Å². The molecule has 2 aromatic rings. The minimum absolute atomic E-state index is 0.136. The van der Waals surface area contributed by atoms with E-state index in [4.69, 9.17) is 9.26 Å². The first kappa shape index (κ1) is 21.3. The number of unbranched alkanes of at least 4 members (excludes halogenated alkanes) is 3. The molecule has 1 N–H and O–H groups in total. The Morgan fingerprint density at radius 2 is 2.00 bits per heavy atom. The van der Waals surface area contributed by atoms with Gasteiger partial charge in [-0.2, -0.15) is 16.7 Å². The monoisotopic (exact) mass is 391 g/mol. The van der Waals surface area contributed by atoms with E-state index in [1.807, 2.05) is 24.3 Å². The minimum Gasteiger partial charge on any atom is -0.497 e. The highest BCUT2D eigenvalue weighted by Gasteiger charge is 2.08. The zero-order valence-corrected chi connectivity index (χ0v) is 17.0. The third-order valence-corrected chi connectivity index (χ3v) is 5.12. The maximum Gasteiger partial charge on any atom is 0.229 e. The molecule has 2 rings (SSSR count). The molecule has 0 radical (unpaired) electrons. The average Bonchev–Trinajstić information content (AvgIpc) is 3.17. The van der Waals surface area contributed by atoms with Crippen molar-refractivity contribution in [3.05, 3.63) is 30.2 Å². The van der Waals surface area contributed by atoms with Crippen LogP contribution < -0.4 is 10.1 Å². The number of benzene rings is 1. The molecule has 0 atom stereocenters. The van der Waals surface area contributed by atoms with Gasteiger partial charge in [-0.05, 0) is 49.3 Å². The van der Waals surface area contributed by atoms with E-state index in [9.17, 15) is 4.79 Å². The molecule has 0 spiro atoms. The van der Waals surface area contributed by atoms with Gasteiger partial charge in [0.25, 0.3) is 0 Å². The number of nitrogens with zero attached hydrogens (tertiary/aromatic N) is 2. The molecular formula is C20H29N3O3S. The van der Waals surface area contributed by atoms with Gasteiger partial charge in [0.05, 0.1) is 12.9 Å². The maximum absolute atomic E-state index is 11.7. The number of aromatic nitrogens is 2. The molecule has 27 heavy (non-hydrogen) atoms. The van der Waals surface area contributed by atoms with E-state index in [0.717, 1.165) is 49.3 Å². The molecule has 0 bridgehead atoms. The number of methoxy groups -OCH3 is 1. The lowest BCUT2D eigenvalue weighted by molar-refractivity contribution is -0.118. The number of aryl methyl sites for hydroxylation is 1. The Bertz CT molecular complexity index is 673. The molecule has 0 fully saturated rings. The van der Waals surface area contributed by atoms with Crippen LogP contribution in [0.1, 0.15) is 44.9 Å². The third kappa shape index (κ3) is 8.03. The van der Waals surface area contributed by atoms with Gasteiger partial charge < -0.3 is 14.6 Å². The first-order valence-corrected chi connectivity index (χ1v) is 10.7. The molecule has 1 heterocycles. The molecule has 1 aromatic heterocycles. The normalized spacial score (nSPS) is 10.7. The summed E-state index contributed by atoms with van der Waals surface area (Å²) in [6.07, 6.45) is 6.05. The molecule has 148 valence electrons. The zero-order chi connectivity index (χ0) is 19.3. The summed E-state index contributed by atoms with van der Waals surface area (Å²) in [5.41, 5.74) is 0.908. The smallest absolute Gasteiger partial charge is 0.229 e. The molecule has 0 aliphatic carbocycles. The van der Waals surface area contributed by atoms with Gasteiger partial charge >= 0.3 is 0 Å². The van der Waals surface area contributed by atoms with E-state index in [1.54, 1.807) is 18.9 Å². The van der Waals surface area contributed by atoms with Crippen molar-refractivity contribution in [2.45, 2.75) is 45.4 Å². The van der Waals surface area contributed by atoms with Crippen molar-refractivity contribution in [2.75, 3.05) is 25.2 Å². The summed E-state index contributed by atoms with van der Waals surface area (Å²) in [5.74, 6) is 3.81. The Balaban J connectivity index is 1.58. The Labute approximate surface area is 165 Å². The van der Waals surface area contributed by atoms with Gasteiger partial charge in [0.1, 0.15) is 5.75 Å². The quantitative estimate of drug-likeness (QED) is 0.518. The number of carbonyl (C=O) groups excluding carboxylic acids is 1. The van der Waals surface area contributed by atoms with Crippen LogP contribution in [-0.4, -0.2) is 41.2 Å². The zero-order valence-electron chi connectivity index (χ0n) is 16.2. The van der Waals surface area contributed by atoms with E-state index >= 15 is 0 Å². The lowest BCUT2D eigenvalue weighted by Crippen LogP contribution is -2.26. The van der Waals surface area contributed by atoms with Crippen LogP contribution in [0.4, 0.5) is 0 Å². The highest BCUT2D eigenvalue weighted by Crippen LogP contribution is 2.20. The summed E-state index contributed by atoms with van der Waals surface area (Å²) in [7, 11) is 1.64. The summed E-state index contributed by atoms with van der Waals surface area (Å²) < 4.78 is 10.5. The lowest BCUT2D eigenvalue weighted by atomic mass is 10.2. The van der Waals surface area contributed by atoms with Gasteiger partial charge in [-0.15, -0.1) is 0 Å². The standard InChI is InChI=1S/C20H29N3O3S/c1-3-4-14-27-15-18(24)21-13-7-5-6-8-19-22-20(23-26-19)16-9-11-17(25-2)12-10-16/h9-12H,3-8,13-15H2,1-2H3,(H,21,24). The number of nitrogens with one attached hydrogen (secondary N) is 1. The summed E-state index contributed by atoms with van der Waals surface area (Å²) >= 11 is 1.71. The first-order valence-electron chi connectivity index (χ1n) is 9.54. The van der Waals surface area contributed by atoms with Crippen LogP contribution in [0, 0.1) is 0 Å². The minimum atomic E-state index is 0.136. The SMILES string of the molecule is CCCCSCC(=O)NCCCCCc1nc(-c2ccc(OC)cc2)no1. The molecule has 1 aromatic carbocycles. The Hall–Kier alpha value is -2.02. The highest BCUT2D eigenvalue weighted by molar-refractivity contribution is 7.99. The van der Waals surface area contributed by atoms with Gasteiger partial charge in [0.2, 0.25) is 17.6 Å². The second-order valence-corrected chi connectivity index (χ2v) is 7.41. The van der Waals surface area contributed by atoms with Gasteiger partial charge in [0, 0.05) is 18.5 Å². The van der Waals surface area contributed by atoms with Crippen LogP contribution in [0.2, 0.25) is 0 Å². The third-order valence-electron chi connectivity index (χ3n) is 4.08. The molecule has 0 saturated heterocycles. The van der Waals surface area contributed by atoms with Crippen molar-refractivity contribution in [1.29, 1.82) is 0 Å². The first-order chi connectivity index (χ1) is 13.2. The van der Waals surface area contributed by atoms with Gasteiger partial charge in [-0.1, -0.05) is 24.9 Å². The van der Waals surface area contributed by atoms with Crippen LogP contribution in [-0.2, 0) is 11.2 Å². The predicted molar refractivity (Wildman–Crippen MR) is 109 cm³/mol. The van der Waals surface area contributed by atoms with Crippen LogP contribution in [0.25, 0.3) is 11.4 Å². The van der Waals surface area contributed by atoms with E-state index in [1.165, 1.54) is 12.8 Å². The highest BCUT2D eigenvalue weighted by atomic mass is 32.2. The topological polar surface area (TPSA) is 77.2 Å². The van der Waals surface area contributed by atoms with Gasteiger partial charge in [-0.3, -0.25) is 4.79 Å². The van der Waals surface area contributed by atoms with Crippen molar-refractivity contribution in [2.24, 2.45) is 0 Å². The van der Waals surface area contributed by atoms with Crippen LogP contribution >= 0.6 is 11.8 Å². The van der Waals surface area contributed by atoms with Crippen molar-refractivity contribution >= 4 is 17.7 Å². The Morgan fingerprint density at radius 3 is 2.74 bits per heavy atom. The lowest BCUT2D eigenvalue weighted by Gasteiger charge is -2.04. The van der Waals surface area contributed by atoms with Crippen molar-refractivity contribution < 1.29 is 14.1 Å². The van der Waals surface area contributed by atoms with Crippen LogP contribution in [0.15, 0.2) is 28.8 Å². The molecule has 0 unspecified atom stereocenters. The van der Waals surface area contributed by atoms with Crippen molar-refractivity contribution in [3.63, 3.8) is 0 Å². The van der Waals surface area contributed by atoms with E-state index in [-0.39, 0.29) is 5.91 Å². The van der Waals surface area contributed by atoms with E-state index in [2.05, 4.69) is 22.4 Å². The molecule has 0 saturated carbocycles. The summed E-state index contributed by atoms with van der Waals surface area (Å²) in [6.45, 7) is 2.89. The largest absolute Gasteiger partial charge is 0.497 e. The fourth-order valence-corrected chi connectivity index (χ4v) is 3.41. The maximum atomic E-state index is 11.7. The second kappa shape index (κ2) is 12.4. The number of ether oxygens (including phenoxy) is 1. The average molecular weight is 392 g/mol.